The molecular weight excluding hydrogens is 390 g/mol. The molecular formula is C26H27NO4. The first-order valence-corrected chi connectivity index (χ1v) is 10.3. The summed E-state index contributed by atoms with van der Waals surface area (Å²) in [5.74, 6) is -0.523. The number of rotatable bonds is 10. The first-order valence-electron chi connectivity index (χ1n) is 10.3. The van der Waals surface area contributed by atoms with E-state index < -0.39 is 17.9 Å². The number of nitrogens with one attached hydrogen (secondary N) is 1. The Morgan fingerprint density at radius 3 is 2.06 bits per heavy atom. The number of hydrogen-bond donors (Lipinski definition) is 1. The molecule has 5 nitrogen and oxygen atoms in total. The highest BCUT2D eigenvalue weighted by molar-refractivity contribution is 5.95. The van der Waals surface area contributed by atoms with Gasteiger partial charge < -0.3 is 14.8 Å². The number of esters is 1. The minimum Gasteiger partial charge on any atom is -0.497 e. The van der Waals surface area contributed by atoms with Gasteiger partial charge in [-0.15, -0.1) is 0 Å². The summed E-state index contributed by atoms with van der Waals surface area (Å²) in [4.78, 5) is 26.5. The molecule has 2 unspecified atom stereocenters. The van der Waals surface area contributed by atoms with Gasteiger partial charge in [-0.25, -0.2) is 4.79 Å². The Balaban J connectivity index is 1.97. The molecule has 0 aliphatic rings. The van der Waals surface area contributed by atoms with Crippen LogP contribution in [0.4, 0.5) is 5.69 Å². The number of benzene rings is 3. The van der Waals surface area contributed by atoms with Crippen molar-refractivity contribution in [2.45, 2.75) is 25.3 Å². The van der Waals surface area contributed by atoms with Crippen LogP contribution in [0.25, 0.3) is 0 Å². The number of methoxy groups -OCH3 is 1. The summed E-state index contributed by atoms with van der Waals surface area (Å²) >= 11 is 0. The van der Waals surface area contributed by atoms with Crippen LogP contribution < -0.4 is 10.1 Å². The predicted octanol–water partition coefficient (Wildman–Crippen LogP) is 4.63. The number of anilines is 1. The number of Topliss-reactive ketones (excluding diaryl/α,β-unsaturated/α-hetero) is 1. The highest BCUT2D eigenvalue weighted by atomic mass is 16.5. The van der Waals surface area contributed by atoms with Gasteiger partial charge in [-0.05, 0) is 42.3 Å². The number of ketones is 1. The second-order valence-electron chi connectivity index (χ2n) is 7.12. The van der Waals surface area contributed by atoms with Crippen LogP contribution in [0.1, 0.15) is 24.0 Å². The van der Waals surface area contributed by atoms with Gasteiger partial charge in [-0.2, -0.15) is 0 Å². The van der Waals surface area contributed by atoms with Crippen LogP contribution in [0.3, 0.4) is 0 Å². The molecule has 0 fully saturated rings. The van der Waals surface area contributed by atoms with Gasteiger partial charge in [0.2, 0.25) is 0 Å². The van der Waals surface area contributed by atoms with E-state index in [0.717, 1.165) is 11.1 Å². The smallest absolute Gasteiger partial charge is 0.329 e. The van der Waals surface area contributed by atoms with Crippen molar-refractivity contribution in [1.82, 2.24) is 0 Å². The molecule has 0 amide bonds. The van der Waals surface area contributed by atoms with Crippen molar-refractivity contribution in [2.75, 3.05) is 19.0 Å². The van der Waals surface area contributed by atoms with Crippen LogP contribution in [-0.4, -0.2) is 31.5 Å². The molecule has 0 aliphatic carbocycles. The van der Waals surface area contributed by atoms with Crippen molar-refractivity contribution in [2.24, 2.45) is 0 Å². The zero-order valence-corrected chi connectivity index (χ0v) is 17.8. The SMILES string of the molecule is CCOC(=O)C(Nc1ccc(OC)cc1)C(C(=O)Cc1ccccc1)c1ccccc1. The first-order chi connectivity index (χ1) is 15.1. The maximum absolute atomic E-state index is 13.5. The third kappa shape index (κ3) is 5.95. The number of carbonyl (C=O) groups is 2. The van der Waals surface area contributed by atoms with E-state index in [4.69, 9.17) is 9.47 Å². The van der Waals surface area contributed by atoms with Gasteiger partial charge in [0.15, 0.2) is 0 Å². The lowest BCUT2D eigenvalue weighted by atomic mass is 9.84. The Kier molecular flexibility index (Phi) is 7.82. The number of hydrogen-bond acceptors (Lipinski definition) is 5. The number of ether oxygens (including phenoxy) is 2. The highest BCUT2D eigenvalue weighted by Gasteiger charge is 2.36. The van der Waals surface area contributed by atoms with Crippen molar-refractivity contribution in [3.63, 3.8) is 0 Å². The lowest BCUT2D eigenvalue weighted by Gasteiger charge is -2.27. The number of carbonyl (C=O) groups excluding carboxylic acids is 2. The molecule has 0 aromatic heterocycles. The molecule has 0 saturated carbocycles. The van der Waals surface area contributed by atoms with E-state index in [1.807, 2.05) is 72.8 Å². The third-order valence-corrected chi connectivity index (χ3v) is 5.01. The largest absolute Gasteiger partial charge is 0.497 e. The summed E-state index contributed by atoms with van der Waals surface area (Å²) < 4.78 is 10.6. The van der Waals surface area contributed by atoms with E-state index in [0.29, 0.717) is 11.4 Å². The molecule has 3 aromatic rings. The summed E-state index contributed by atoms with van der Waals surface area (Å²) in [6, 6.07) is 25.3. The van der Waals surface area contributed by atoms with Crippen molar-refractivity contribution < 1.29 is 19.1 Å². The lowest BCUT2D eigenvalue weighted by Crippen LogP contribution is -2.41. The van der Waals surface area contributed by atoms with Crippen LogP contribution in [0.2, 0.25) is 0 Å². The van der Waals surface area contributed by atoms with E-state index in [2.05, 4.69) is 5.32 Å². The summed E-state index contributed by atoms with van der Waals surface area (Å²) in [7, 11) is 1.59. The molecule has 3 rings (SSSR count). The normalized spacial score (nSPS) is 12.5. The van der Waals surface area contributed by atoms with Gasteiger partial charge in [0, 0.05) is 12.1 Å². The fourth-order valence-electron chi connectivity index (χ4n) is 3.51. The van der Waals surface area contributed by atoms with Crippen LogP contribution in [0.5, 0.6) is 5.75 Å². The Morgan fingerprint density at radius 2 is 1.48 bits per heavy atom. The molecule has 0 bridgehead atoms. The lowest BCUT2D eigenvalue weighted by molar-refractivity contribution is -0.146. The van der Waals surface area contributed by atoms with Crippen LogP contribution in [-0.2, 0) is 20.7 Å². The van der Waals surface area contributed by atoms with Gasteiger partial charge >= 0.3 is 5.97 Å². The fraction of sp³-hybridized carbons (Fsp3) is 0.231. The maximum Gasteiger partial charge on any atom is 0.329 e. The van der Waals surface area contributed by atoms with E-state index in [1.165, 1.54) is 0 Å². The van der Waals surface area contributed by atoms with E-state index in [1.54, 1.807) is 26.2 Å². The summed E-state index contributed by atoms with van der Waals surface area (Å²) in [6.45, 7) is 1.99. The summed E-state index contributed by atoms with van der Waals surface area (Å²) in [5, 5.41) is 3.23. The highest BCUT2D eigenvalue weighted by Crippen LogP contribution is 2.27. The Morgan fingerprint density at radius 1 is 0.871 bits per heavy atom. The first kappa shape index (κ1) is 22.1. The molecule has 0 spiro atoms. The van der Waals surface area contributed by atoms with Crippen LogP contribution in [0.15, 0.2) is 84.9 Å². The molecule has 31 heavy (non-hydrogen) atoms. The minimum absolute atomic E-state index is 0.0588. The molecule has 160 valence electrons. The molecule has 1 N–H and O–H groups in total. The molecule has 0 heterocycles. The van der Waals surface area contributed by atoms with E-state index >= 15 is 0 Å². The van der Waals surface area contributed by atoms with E-state index in [9.17, 15) is 9.59 Å². The Bertz CT molecular complexity index is 971. The molecule has 3 aromatic carbocycles. The third-order valence-electron chi connectivity index (χ3n) is 5.01. The summed E-state index contributed by atoms with van der Waals surface area (Å²) in [6.07, 6.45) is 0.223. The second kappa shape index (κ2) is 11.0. The zero-order chi connectivity index (χ0) is 22.1. The van der Waals surface area contributed by atoms with Gasteiger partial charge in [-0.1, -0.05) is 60.7 Å². The topological polar surface area (TPSA) is 64.6 Å². The van der Waals surface area contributed by atoms with E-state index in [-0.39, 0.29) is 18.8 Å². The van der Waals surface area contributed by atoms with Crippen LogP contribution >= 0.6 is 0 Å². The quantitative estimate of drug-likeness (QED) is 0.487. The molecule has 0 saturated heterocycles. The molecule has 5 heteroatoms. The average Bonchev–Trinajstić information content (AvgIpc) is 2.80. The van der Waals surface area contributed by atoms with Crippen molar-refractivity contribution in [3.8, 4) is 5.75 Å². The standard InChI is InChI=1S/C26H27NO4/c1-3-31-26(29)25(27-21-14-16-22(30-2)17-15-21)24(20-12-8-5-9-13-20)23(28)18-19-10-6-4-7-11-19/h4-17,24-25,27H,3,18H2,1-2H3. The van der Waals surface area contributed by atoms with Gasteiger partial charge in [0.1, 0.15) is 17.6 Å². The van der Waals surface area contributed by atoms with Gasteiger partial charge in [0.25, 0.3) is 0 Å². The average molecular weight is 418 g/mol. The molecule has 2 atom stereocenters. The molecule has 0 radical (unpaired) electrons. The van der Waals surface area contributed by atoms with Crippen molar-refractivity contribution >= 4 is 17.4 Å². The van der Waals surface area contributed by atoms with Gasteiger partial charge in [0.05, 0.1) is 19.6 Å². The van der Waals surface area contributed by atoms with Gasteiger partial charge in [-0.3, -0.25) is 4.79 Å². The Labute approximate surface area is 183 Å². The van der Waals surface area contributed by atoms with Crippen molar-refractivity contribution in [3.05, 3.63) is 96.1 Å². The monoisotopic (exact) mass is 417 g/mol. The molecule has 0 aliphatic heterocycles. The zero-order valence-electron chi connectivity index (χ0n) is 17.8. The fourth-order valence-corrected chi connectivity index (χ4v) is 3.51. The van der Waals surface area contributed by atoms with Crippen molar-refractivity contribution in [1.29, 1.82) is 0 Å². The summed E-state index contributed by atoms with van der Waals surface area (Å²) in [5.41, 5.74) is 2.37. The van der Waals surface area contributed by atoms with Crippen LogP contribution in [0, 0.1) is 0 Å². The second-order valence-corrected chi connectivity index (χ2v) is 7.12. The predicted molar refractivity (Wildman–Crippen MR) is 121 cm³/mol. The Hall–Kier alpha value is -3.60. The maximum atomic E-state index is 13.5. The minimum atomic E-state index is -0.869.